The predicted octanol–water partition coefficient (Wildman–Crippen LogP) is 3.34. The van der Waals surface area contributed by atoms with Crippen LogP contribution in [0.5, 0.6) is 0 Å². The molecule has 1 heterocycles. The van der Waals surface area contributed by atoms with Crippen molar-refractivity contribution in [2.75, 3.05) is 0 Å². The van der Waals surface area contributed by atoms with Gasteiger partial charge in [-0.1, -0.05) is 0 Å². The Morgan fingerprint density at radius 2 is 1.67 bits per heavy atom. The van der Waals surface area contributed by atoms with E-state index in [1.807, 2.05) is 0 Å². The summed E-state index contributed by atoms with van der Waals surface area (Å²) in [6.45, 7) is 0. The zero-order chi connectivity index (χ0) is 17.3. The molecule has 0 bridgehead atoms. The third kappa shape index (κ3) is 3.19. The molecule has 0 unspecified atom stereocenters. The van der Waals surface area contributed by atoms with Gasteiger partial charge in [-0.3, -0.25) is 9.56 Å². The molecular weight excluding hydrogens is 318 g/mol. The van der Waals surface area contributed by atoms with E-state index in [9.17, 15) is 23.8 Å². The molecule has 0 spiro atoms. The quantitative estimate of drug-likeness (QED) is 0.501. The lowest BCUT2D eigenvalue weighted by Gasteiger charge is -2.08. The topological polar surface area (TPSA) is 74.8 Å². The lowest BCUT2D eigenvalue weighted by atomic mass is 10.1. The minimum Gasteiger partial charge on any atom is -0.506 e. The first kappa shape index (κ1) is 15.9. The summed E-state index contributed by atoms with van der Waals surface area (Å²) in [5.74, 6) is -3.28. The summed E-state index contributed by atoms with van der Waals surface area (Å²) in [5, 5.41) is 19.4. The fraction of sp³-hybridized carbons (Fsp3) is 0.176. The maximum absolute atomic E-state index is 13.5. The molecule has 0 amide bonds. The average Bonchev–Trinajstić information content (AvgIpc) is 3.32. The summed E-state index contributed by atoms with van der Waals surface area (Å²) in [5.41, 5.74) is 0.106. The largest absolute Gasteiger partial charge is 0.506 e. The number of hydrogen-bond acceptors (Lipinski definition) is 3. The molecule has 7 heteroatoms. The van der Waals surface area contributed by atoms with E-state index in [4.69, 9.17) is 0 Å². The van der Waals surface area contributed by atoms with Crippen LogP contribution in [0, 0.1) is 11.9 Å². The van der Waals surface area contributed by atoms with Gasteiger partial charge in [-0.15, -0.1) is 0 Å². The molecule has 2 N–H and O–H groups in total. The zero-order valence-corrected chi connectivity index (χ0v) is 12.5. The van der Waals surface area contributed by atoms with Crippen LogP contribution in [0.15, 0.2) is 47.0 Å². The Balaban J connectivity index is 1.93. The maximum Gasteiger partial charge on any atom is 0.341 e. The number of carboxylic acid groups (broad SMARTS) is 1. The van der Waals surface area contributed by atoms with Crippen LogP contribution in [-0.2, 0) is 4.79 Å². The van der Waals surface area contributed by atoms with Crippen molar-refractivity contribution in [1.29, 1.82) is 0 Å². The number of hydrogen-bond donors (Lipinski definition) is 2. The molecule has 24 heavy (non-hydrogen) atoms. The van der Waals surface area contributed by atoms with E-state index in [0.29, 0.717) is 0 Å². The Morgan fingerprint density at radius 3 is 2.17 bits per heavy atom. The Bertz CT molecular complexity index is 815. The number of aliphatic carboxylic acids is 1. The van der Waals surface area contributed by atoms with Crippen molar-refractivity contribution in [2.24, 2.45) is 4.99 Å². The van der Waals surface area contributed by atoms with Gasteiger partial charge in [-0.25, -0.2) is 4.79 Å². The minimum atomic E-state index is -1.30. The first-order valence-electron chi connectivity index (χ1n) is 7.30. The summed E-state index contributed by atoms with van der Waals surface area (Å²) in [4.78, 5) is 15.3. The van der Waals surface area contributed by atoms with Crippen molar-refractivity contribution >= 4 is 17.9 Å². The molecule has 1 aliphatic rings. The molecule has 2 aromatic rings. The monoisotopic (exact) mass is 332 g/mol. The van der Waals surface area contributed by atoms with Gasteiger partial charge < -0.3 is 10.2 Å². The van der Waals surface area contributed by atoms with Gasteiger partial charge in [0, 0.05) is 11.8 Å². The van der Waals surface area contributed by atoms with E-state index < -0.39 is 23.6 Å². The first-order chi connectivity index (χ1) is 11.5. The van der Waals surface area contributed by atoms with Crippen LogP contribution in [0.3, 0.4) is 0 Å². The third-order valence-electron chi connectivity index (χ3n) is 3.63. The highest BCUT2D eigenvalue weighted by atomic mass is 19.1. The van der Waals surface area contributed by atoms with Crippen LogP contribution in [-0.4, -0.2) is 33.0 Å². The van der Waals surface area contributed by atoms with Crippen LogP contribution in [0.4, 0.5) is 8.78 Å². The van der Waals surface area contributed by atoms with Crippen LogP contribution in [0.1, 0.15) is 18.4 Å². The van der Waals surface area contributed by atoms with E-state index in [0.717, 1.165) is 35.8 Å². The second-order valence-corrected chi connectivity index (χ2v) is 5.44. The number of aromatic nitrogens is 1. The number of rotatable bonds is 5. The highest BCUT2D eigenvalue weighted by molar-refractivity contribution is 6.14. The standard InChI is InChI=1S/C17H14F2N2O3/c18-14-7-8-15(19)21(14)12-5-1-10(2-6-12)16(22)13(17(23)24)9-20-11-3-4-11/h1-2,5-9,11,22H,3-4H2,(H,23,24). The summed E-state index contributed by atoms with van der Waals surface area (Å²) < 4.78 is 27.8. The third-order valence-corrected chi connectivity index (χ3v) is 3.63. The summed E-state index contributed by atoms with van der Waals surface area (Å²) in [7, 11) is 0. The van der Waals surface area contributed by atoms with Crippen molar-refractivity contribution < 1.29 is 23.8 Å². The lowest BCUT2D eigenvalue weighted by Crippen LogP contribution is -2.06. The molecule has 3 rings (SSSR count). The Morgan fingerprint density at radius 1 is 1.08 bits per heavy atom. The minimum absolute atomic E-state index is 0.120. The Kier molecular flexibility index (Phi) is 4.16. The molecule has 0 radical (unpaired) electrons. The number of nitrogens with zero attached hydrogens (tertiary/aromatic N) is 2. The van der Waals surface area contributed by atoms with Gasteiger partial charge in [-0.2, -0.15) is 8.78 Å². The predicted molar refractivity (Wildman–Crippen MR) is 84.4 cm³/mol. The second-order valence-electron chi connectivity index (χ2n) is 5.44. The van der Waals surface area contributed by atoms with E-state index in [1.54, 1.807) is 0 Å². The normalized spacial score (nSPS) is 15.6. The Hall–Kier alpha value is -2.96. The zero-order valence-electron chi connectivity index (χ0n) is 12.5. The fourth-order valence-corrected chi connectivity index (χ4v) is 2.18. The van der Waals surface area contributed by atoms with Gasteiger partial charge in [0.2, 0.25) is 11.9 Å². The molecule has 1 saturated carbocycles. The number of aliphatic imine (C=N–C) groups is 1. The van der Waals surface area contributed by atoms with Crippen LogP contribution in [0.2, 0.25) is 0 Å². The molecule has 0 atom stereocenters. The molecule has 1 aliphatic carbocycles. The molecule has 1 aromatic heterocycles. The van der Waals surface area contributed by atoms with E-state index in [-0.39, 0.29) is 22.9 Å². The highest BCUT2D eigenvalue weighted by Crippen LogP contribution is 2.24. The van der Waals surface area contributed by atoms with Gasteiger partial charge in [0.05, 0.1) is 11.7 Å². The van der Waals surface area contributed by atoms with Crippen molar-refractivity contribution in [3.63, 3.8) is 0 Å². The smallest absolute Gasteiger partial charge is 0.341 e. The molecular formula is C17H14F2N2O3. The number of carbonyl (C=O) groups is 1. The SMILES string of the molecule is O=C(O)C(C=NC1CC1)=C(O)c1ccc(-n2c(F)ccc2F)cc1. The second kappa shape index (κ2) is 6.27. The molecule has 1 aromatic carbocycles. The van der Waals surface area contributed by atoms with Crippen molar-refractivity contribution in [1.82, 2.24) is 4.57 Å². The number of benzene rings is 1. The highest BCUT2D eigenvalue weighted by Gasteiger charge is 2.21. The molecule has 1 fully saturated rings. The van der Waals surface area contributed by atoms with Crippen LogP contribution >= 0.6 is 0 Å². The fourth-order valence-electron chi connectivity index (χ4n) is 2.18. The van der Waals surface area contributed by atoms with Crippen molar-refractivity contribution in [3.05, 3.63) is 59.4 Å². The Labute approximate surface area is 136 Å². The molecule has 124 valence electrons. The molecule has 0 aliphatic heterocycles. The van der Waals surface area contributed by atoms with E-state index in [2.05, 4.69) is 4.99 Å². The summed E-state index contributed by atoms with van der Waals surface area (Å²) in [6.07, 6.45) is 2.97. The lowest BCUT2D eigenvalue weighted by molar-refractivity contribution is -0.132. The molecule has 0 saturated heterocycles. The first-order valence-corrected chi connectivity index (χ1v) is 7.30. The number of carboxylic acids is 1. The van der Waals surface area contributed by atoms with Crippen LogP contribution in [0.25, 0.3) is 11.4 Å². The van der Waals surface area contributed by atoms with E-state index in [1.165, 1.54) is 24.3 Å². The number of aliphatic hydroxyl groups excluding tert-OH is 1. The summed E-state index contributed by atoms with van der Waals surface area (Å²) in [6, 6.07) is 7.66. The van der Waals surface area contributed by atoms with Gasteiger partial charge in [0.25, 0.3) is 0 Å². The van der Waals surface area contributed by atoms with Crippen molar-refractivity contribution in [2.45, 2.75) is 18.9 Å². The van der Waals surface area contributed by atoms with Gasteiger partial charge in [0.15, 0.2) is 0 Å². The van der Waals surface area contributed by atoms with E-state index >= 15 is 0 Å². The number of halogens is 2. The van der Waals surface area contributed by atoms with Crippen molar-refractivity contribution in [3.8, 4) is 5.69 Å². The maximum atomic E-state index is 13.5. The van der Waals surface area contributed by atoms with Gasteiger partial charge in [-0.05, 0) is 49.2 Å². The average molecular weight is 332 g/mol. The number of aliphatic hydroxyl groups is 1. The van der Waals surface area contributed by atoms with Gasteiger partial charge in [0.1, 0.15) is 11.3 Å². The van der Waals surface area contributed by atoms with Gasteiger partial charge >= 0.3 is 5.97 Å². The molecule has 5 nitrogen and oxygen atoms in total. The summed E-state index contributed by atoms with van der Waals surface area (Å²) >= 11 is 0. The van der Waals surface area contributed by atoms with Crippen LogP contribution < -0.4 is 0 Å².